The summed E-state index contributed by atoms with van der Waals surface area (Å²) in [6, 6.07) is 5.93. The number of amides is 1. The van der Waals surface area contributed by atoms with E-state index in [-0.39, 0.29) is 35.1 Å². The molecule has 2 aromatic rings. The zero-order valence-corrected chi connectivity index (χ0v) is 23.6. The number of fused-ring (bicyclic) bond motifs is 5. The van der Waals surface area contributed by atoms with Crippen molar-refractivity contribution in [1.82, 2.24) is 15.0 Å². The summed E-state index contributed by atoms with van der Waals surface area (Å²) in [5, 5.41) is 12.1. The van der Waals surface area contributed by atoms with Crippen LogP contribution in [-0.2, 0) is 14.2 Å². The van der Waals surface area contributed by atoms with Gasteiger partial charge in [-0.15, -0.1) is 0 Å². The summed E-state index contributed by atoms with van der Waals surface area (Å²) in [7, 11) is 0. The van der Waals surface area contributed by atoms with Gasteiger partial charge in [-0.25, -0.2) is 4.98 Å². The molecule has 39 heavy (non-hydrogen) atoms. The van der Waals surface area contributed by atoms with Gasteiger partial charge in [0.05, 0.1) is 28.8 Å². The SMILES string of the molecule is CC1(C)CC=C(c2nc(C3CC4(C)O[C@@](C)(C3)C3OC(C)(C)O[C@@H]34)ccc2NC(=O)c2ncc(C#N)[nH]2)CC1. The van der Waals surface area contributed by atoms with E-state index in [9.17, 15) is 4.79 Å². The standard InChI is InChI=1S/C30H37N5O4/c1-27(2)11-9-17(10-12-27)22-21(35-26(36)25-32-16-19(15-31)33-25)8-7-20(34-22)18-13-29(5)23-24(30(6,14-18)39-29)38-28(3,4)37-23/h7-9,16,18,23-24H,10-14H2,1-6H3,(H,32,33)(H,35,36)/t18?,23-,24?,29?,30-/m0/s1. The van der Waals surface area contributed by atoms with Crippen LogP contribution in [0.25, 0.3) is 5.57 Å². The number of allylic oxidation sites excluding steroid dienone is 2. The summed E-state index contributed by atoms with van der Waals surface area (Å²) in [6.45, 7) is 12.8. The number of ether oxygens (including phenoxy) is 3. The van der Waals surface area contributed by atoms with E-state index in [1.165, 1.54) is 6.20 Å². The fraction of sp³-hybridized carbons (Fsp3) is 0.600. The summed E-state index contributed by atoms with van der Waals surface area (Å²) >= 11 is 0. The van der Waals surface area contributed by atoms with E-state index in [4.69, 9.17) is 24.5 Å². The number of pyridine rings is 1. The highest BCUT2D eigenvalue weighted by Crippen LogP contribution is 2.58. The molecule has 3 fully saturated rings. The van der Waals surface area contributed by atoms with Gasteiger partial charge in [0.15, 0.2) is 11.6 Å². The molecule has 5 heterocycles. The van der Waals surface area contributed by atoms with Crippen LogP contribution >= 0.6 is 0 Å². The fourth-order valence-electron chi connectivity index (χ4n) is 6.89. The monoisotopic (exact) mass is 531 g/mol. The number of anilines is 1. The quantitative estimate of drug-likeness (QED) is 0.537. The Bertz CT molecular complexity index is 1380. The molecule has 0 radical (unpaired) electrons. The maximum absolute atomic E-state index is 13.0. The normalized spacial score (nSPS) is 34.2. The van der Waals surface area contributed by atoms with Gasteiger partial charge in [-0.05, 0) is 82.9 Å². The van der Waals surface area contributed by atoms with Gasteiger partial charge in [-0.3, -0.25) is 9.78 Å². The Morgan fingerprint density at radius 3 is 2.38 bits per heavy atom. The van der Waals surface area contributed by atoms with E-state index >= 15 is 0 Å². The molecule has 206 valence electrons. The lowest BCUT2D eigenvalue weighted by Crippen LogP contribution is -2.46. The summed E-state index contributed by atoms with van der Waals surface area (Å²) in [4.78, 5) is 25.0. The van der Waals surface area contributed by atoms with E-state index in [1.807, 2.05) is 32.0 Å². The zero-order chi connectivity index (χ0) is 27.8. The molecule has 0 spiro atoms. The molecular formula is C30H37N5O4. The molecule has 1 amide bonds. The van der Waals surface area contributed by atoms with Crippen molar-refractivity contribution in [2.75, 3.05) is 5.32 Å². The fourth-order valence-corrected chi connectivity index (χ4v) is 6.89. The molecule has 9 nitrogen and oxygen atoms in total. The average molecular weight is 532 g/mol. The first kappa shape index (κ1) is 26.2. The Kier molecular flexibility index (Phi) is 5.85. The molecule has 0 aromatic carbocycles. The van der Waals surface area contributed by atoms with Crippen molar-refractivity contribution < 1.29 is 19.0 Å². The smallest absolute Gasteiger partial charge is 0.291 e. The van der Waals surface area contributed by atoms with Crippen molar-refractivity contribution in [3.05, 3.63) is 47.3 Å². The lowest BCUT2D eigenvalue weighted by molar-refractivity contribution is -0.242. The van der Waals surface area contributed by atoms with Gasteiger partial charge in [0.1, 0.15) is 24.0 Å². The number of nitrogens with zero attached hydrogens (tertiary/aromatic N) is 3. The Hall–Kier alpha value is -3.06. The lowest BCUT2D eigenvalue weighted by Gasteiger charge is -2.43. The van der Waals surface area contributed by atoms with E-state index < -0.39 is 22.9 Å². The van der Waals surface area contributed by atoms with Gasteiger partial charge in [-0.1, -0.05) is 19.9 Å². The topological polar surface area (TPSA) is 122 Å². The van der Waals surface area contributed by atoms with Crippen LogP contribution < -0.4 is 5.32 Å². The van der Waals surface area contributed by atoms with Crippen molar-refractivity contribution in [2.24, 2.45) is 5.41 Å². The first-order valence-electron chi connectivity index (χ1n) is 13.8. The summed E-state index contributed by atoms with van der Waals surface area (Å²) in [5.74, 6) is -0.778. The summed E-state index contributed by atoms with van der Waals surface area (Å²) < 4.78 is 19.3. The molecule has 2 N–H and O–H groups in total. The Morgan fingerprint density at radius 1 is 1.10 bits per heavy atom. The number of aromatic amines is 1. The Balaban J connectivity index is 1.33. The van der Waals surface area contributed by atoms with Gasteiger partial charge in [0, 0.05) is 11.6 Å². The number of H-pyrrole nitrogens is 1. The molecule has 1 aliphatic carbocycles. The number of aromatic nitrogens is 3. The number of carbonyl (C=O) groups excluding carboxylic acids is 1. The predicted octanol–water partition coefficient (Wildman–Crippen LogP) is 5.47. The van der Waals surface area contributed by atoms with E-state index in [0.717, 1.165) is 49.1 Å². The van der Waals surface area contributed by atoms with Crippen molar-refractivity contribution in [1.29, 1.82) is 5.26 Å². The van der Waals surface area contributed by atoms with Crippen LogP contribution in [0.4, 0.5) is 5.69 Å². The van der Waals surface area contributed by atoms with Gasteiger partial charge in [-0.2, -0.15) is 5.26 Å². The largest absolute Gasteiger partial charge is 0.363 e. The molecular weight excluding hydrogens is 494 g/mol. The molecule has 3 saturated heterocycles. The van der Waals surface area contributed by atoms with Crippen molar-refractivity contribution in [2.45, 2.75) is 109 Å². The second kappa shape index (κ2) is 8.72. The van der Waals surface area contributed by atoms with Crippen LogP contribution in [0, 0.1) is 16.7 Å². The Morgan fingerprint density at radius 2 is 1.79 bits per heavy atom. The third-order valence-electron chi connectivity index (χ3n) is 8.84. The maximum atomic E-state index is 13.0. The first-order chi connectivity index (χ1) is 18.3. The minimum Gasteiger partial charge on any atom is -0.363 e. The summed E-state index contributed by atoms with van der Waals surface area (Å²) in [6.07, 6.45) is 7.79. The second-order valence-electron chi connectivity index (χ2n) is 13.3. The van der Waals surface area contributed by atoms with E-state index in [0.29, 0.717) is 5.69 Å². The first-order valence-corrected chi connectivity index (χ1v) is 13.8. The third kappa shape index (κ3) is 4.58. The minimum absolute atomic E-state index is 0.0941. The molecule has 3 aliphatic heterocycles. The number of hydrogen-bond donors (Lipinski definition) is 2. The highest BCUT2D eigenvalue weighted by Gasteiger charge is 2.68. The molecule has 6 rings (SSSR count). The zero-order valence-electron chi connectivity index (χ0n) is 23.6. The van der Waals surface area contributed by atoms with Crippen LogP contribution in [0.3, 0.4) is 0 Å². The maximum Gasteiger partial charge on any atom is 0.291 e. The van der Waals surface area contributed by atoms with Crippen LogP contribution in [-0.4, -0.2) is 50.1 Å². The second-order valence-corrected chi connectivity index (χ2v) is 13.3. The van der Waals surface area contributed by atoms with Crippen LogP contribution in [0.5, 0.6) is 0 Å². The van der Waals surface area contributed by atoms with Crippen LogP contribution in [0.1, 0.15) is 107 Å². The van der Waals surface area contributed by atoms with Gasteiger partial charge in [0.25, 0.3) is 5.91 Å². The van der Waals surface area contributed by atoms with Crippen LogP contribution in [0.15, 0.2) is 24.4 Å². The van der Waals surface area contributed by atoms with E-state index in [1.54, 1.807) is 0 Å². The van der Waals surface area contributed by atoms with Crippen molar-refractivity contribution in [3.63, 3.8) is 0 Å². The van der Waals surface area contributed by atoms with Crippen molar-refractivity contribution in [3.8, 4) is 6.07 Å². The van der Waals surface area contributed by atoms with Gasteiger partial charge < -0.3 is 24.5 Å². The lowest BCUT2D eigenvalue weighted by atomic mass is 9.77. The molecule has 4 aliphatic rings. The molecule has 5 atom stereocenters. The average Bonchev–Trinajstić information content (AvgIpc) is 3.52. The molecule has 0 saturated carbocycles. The Labute approximate surface area is 229 Å². The van der Waals surface area contributed by atoms with E-state index in [2.05, 4.69) is 49.1 Å². The number of imidazole rings is 1. The van der Waals surface area contributed by atoms with Gasteiger partial charge in [0.2, 0.25) is 0 Å². The molecule has 3 unspecified atom stereocenters. The van der Waals surface area contributed by atoms with Crippen molar-refractivity contribution >= 4 is 17.2 Å². The number of nitrogens with one attached hydrogen (secondary N) is 2. The molecule has 2 bridgehead atoms. The predicted molar refractivity (Wildman–Crippen MR) is 145 cm³/mol. The number of hydrogen-bond acceptors (Lipinski definition) is 7. The molecule has 2 aromatic heterocycles. The summed E-state index contributed by atoms with van der Waals surface area (Å²) in [5.41, 5.74) is 3.09. The third-order valence-corrected chi connectivity index (χ3v) is 8.84. The molecule has 9 heteroatoms. The number of rotatable bonds is 4. The van der Waals surface area contributed by atoms with Crippen LogP contribution in [0.2, 0.25) is 0 Å². The van der Waals surface area contributed by atoms with Gasteiger partial charge >= 0.3 is 0 Å². The number of carbonyl (C=O) groups is 1. The number of nitriles is 1. The highest BCUT2D eigenvalue weighted by molar-refractivity contribution is 6.03. The minimum atomic E-state index is -0.622. The highest BCUT2D eigenvalue weighted by atomic mass is 16.8.